The highest BCUT2D eigenvalue weighted by Crippen LogP contribution is 2.07. The van der Waals surface area contributed by atoms with Gasteiger partial charge < -0.3 is 31.9 Å². The van der Waals surface area contributed by atoms with Gasteiger partial charge in [-0.15, -0.1) is 0 Å². The van der Waals surface area contributed by atoms with E-state index in [4.69, 9.17) is 15.9 Å². The van der Waals surface area contributed by atoms with Gasteiger partial charge in [0.15, 0.2) is 0 Å². The van der Waals surface area contributed by atoms with Crippen LogP contribution in [0.4, 0.5) is 0 Å². The van der Waals surface area contributed by atoms with Gasteiger partial charge in [-0.25, -0.2) is 4.79 Å². The van der Waals surface area contributed by atoms with Gasteiger partial charge in [0.1, 0.15) is 18.1 Å². The van der Waals surface area contributed by atoms with Crippen LogP contribution < -0.4 is 21.7 Å². The number of nitrogens with one attached hydrogen (secondary N) is 3. The molecule has 7 N–H and O–H groups in total. The number of nitrogens with two attached hydrogens (primary N) is 1. The zero-order valence-electron chi connectivity index (χ0n) is 17.8. The summed E-state index contributed by atoms with van der Waals surface area (Å²) < 4.78 is 0. The number of hydrogen-bond donors (Lipinski definition) is 7. The minimum absolute atomic E-state index is 0.157. The van der Waals surface area contributed by atoms with Crippen LogP contribution in [-0.2, 0) is 24.0 Å². The first kappa shape index (κ1) is 29.0. The fourth-order valence-corrected chi connectivity index (χ4v) is 3.12. The number of carboxylic acid groups (broad SMARTS) is 2. The first-order chi connectivity index (χ1) is 14.5. The summed E-state index contributed by atoms with van der Waals surface area (Å²) in [5, 5.41) is 25.2. The Hall–Kier alpha value is -1.99. The third-order valence-corrected chi connectivity index (χ3v) is 5.62. The van der Waals surface area contributed by atoms with Crippen molar-refractivity contribution in [2.75, 3.05) is 17.8 Å². The van der Waals surface area contributed by atoms with Crippen molar-refractivity contribution in [3.8, 4) is 0 Å². The molecular formula is C18H32N4O7S2. The molecule has 5 atom stereocenters. The van der Waals surface area contributed by atoms with Crippen LogP contribution in [0.25, 0.3) is 0 Å². The van der Waals surface area contributed by atoms with E-state index >= 15 is 0 Å². The average Bonchev–Trinajstić information content (AvgIpc) is 2.71. The number of carbonyl (C=O) groups excluding carboxylic acids is 3. The molecular weight excluding hydrogens is 448 g/mol. The fraction of sp³-hybridized carbons (Fsp3) is 0.722. The van der Waals surface area contributed by atoms with Gasteiger partial charge in [0.2, 0.25) is 17.7 Å². The number of carboxylic acids is 2. The lowest BCUT2D eigenvalue weighted by Crippen LogP contribution is -2.58. The maximum absolute atomic E-state index is 12.7. The van der Waals surface area contributed by atoms with E-state index in [9.17, 15) is 24.0 Å². The summed E-state index contributed by atoms with van der Waals surface area (Å²) in [6, 6.07) is -4.77. The SMILES string of the molecule is CCC(C)C(N)C(=O)NC(CC(=O)O)C(=O)NC(CCSC)C(=O)NC(CS)C(=O)O. The predicted octanol–water partition coefficient (Wildman–Crippen LogP) is -0.944. The number of thioether (sulfide) groups is 1. The molecule has 0 aromatic heterocycles. The minimum Gasteiger partial charge on any atom is -0.481 e. The Morgan fingerprint density at radius 1 is 0.968 bits per heavy atom. The molecule has 0 spiro atoms. The van der Waals surface area contributed by atoms with Crippen molar-refractivity contribution in [2.24, 2.45) is 11.7 Å². The zero-order chi connectivity index (χ0) is 24.1. The zero-order valence-corrected chi connectivity index (χ0v) is 19.5. The van der Waals surface area contributed by atoms with Crippen molar-refractivity contribution in [1.82, 2.24) is 16.0 Å². The molecule has 0 rings (SSSR count). The number of thiol groups is 1. The van der Waals surface area contributed by atoms with Crippen molar-refractivity contribution in [2.45, 2.75) is 57.3 Å². The Bertz CT molecular complexity index is 650. The molecule has 0 fully saturated rings. The molecule has 13 heteroatoms. The van der Waals surface area contributed by atoms with Gasteiger partial charge in [0, 0.05) is 5.75 Å². The second kappa shape index (κ2) is 14.9. The first-order valence-electron chi connectivity index (χ1n) is 9.69. The van der Waals surface area contributed by atoms with Gasteiger partial charge in [0.25, 0.3) is 0 Å². The van der Waals surface area contributed by atoms with E-state index < -0.39 is 60.2 Å². The van der Waals surface area contributed by atoms with E-state index in [1.54, 1.807) is 13.2 Å². The molecule has 0 aliphatic rings. The smallest absolute Gasteiger partial charge is 0.327 e. The van der Waals surface area contributed by atoms with Crippen molar-refractivity contribution >= 4 is 54.1 Å². The van der Waals surface area contributed by atoms with E-state index in [-0.39, 0.29) is 18.1 Å². The Labute approximate surface area is 191 Å². The summed E-state index contributed by atoms with van der Waals surface area (Å²) >= 11 is 5.28. The maximum atomic E-state index is 12.7. The lowest BCUT2D eigenvalue weighted by Gasteiger charge is -2.25. The summed E-state index contributed by atoms with van der Waals surface area (Å²) in [7, 11) is 0. The lowest BCUT2D eigenvalue weighted by molar-refractivity contribution is -0.142. The molecule has 0 aliphatic heterocycles. The van der Waals surface area contributed by atoms with E-state index in [1.807, 2.05) is 6.92 Å². The molecule has 0 saturated heterocycles. The number of carbonyl (C=O) groups is 5. The Morgan fingerprint density at radius 3 is 1.94 bits per heavy atom. The number of aliphatic carboxylic acids is 2. The highest BCUT2D eigenvalue weighted by Gasteiger charge is 2.31. The highest BCUT2D eigenvalue weighted by molar-refractivity contribution is 7.98. The Balaban J connectivity index is 5.42. The van der Waals surface area contributed by atoms with Crippen LogP contribution in [0.15, 0.2) is 0 Å². The monoisotopic (exact) mass is 480 g/mol. The summed E-state index contributed by atoms with van der Waals surface area (Å²) in [5.74, 6) is -4.81. The lowest BCUT2D eigenvalue weighted by atomic mass is 9.99. The second-order valence-electron chi connectivity index (χ2n) is 6.99. The fourth-order valence-electron chi connectivity index (χ4n) is 2.40. The highest BCUT2D eigenvalue weighted by atomic mass is 32.2. The number of hydrogen-bond acceptors (Lipinski definition) is 8. The van der Waals surface area contributed by atoms with Crippen LogP contribution in [0, 0.1) is 5.92 Å². The molecule has 5 unspecified atom stereocenters. The molecule has 0 aromatic carbocycles. The van der Waals surface area contributed by atoms with Gasteiger partial charge in [0.05, 0.1) is 12.5 Å². The van der Waals surface area contributed by atoms with Gasteiger partial charge in [-0.3, -0.25) is 19.2 Å². The Morgan fingerprint density at radius 2 is 1.48 bits per heavy atom. The van der Waals surface area contributed by atoms with Crippen LogP contribution in [-0.4, -0.2) is 81.8 Å². The topological polar surface area (TPSA) is 188 Å². The molecule has 0 aliphatic carbocycles. The third-order valence-electron chi connectivity index (χ3n) is 4.61. The third kappa shape index (κ3) is 10.7. The van der Waals surface area contributed by atoms with Gasteiger partial charge >= 0.3 is 11.9 Å². The maximum Gasteiger partial charge on any atom is 0.327 e. The van der Waals surface area contributed by atoms with Crippen LogP contribution in [0.2, 0.25) is 0 Å². The second-order valence-corrected chi connectivity index (χ2v) is 8.35. The predicted molar refractivity (Wildman–Crippen MR) is 120 cm³/mol. The van der Waals surface area contributed by atoms with E-state index in [2.05, 4.69) is 28.6 Å². The van der Waals surface area contributed by atoms with Crippen molar-refractivity contribution < 1.29 is 34.2 Å². The largest absolute Gasteiger partial charge is 0.481 e. The average molecular weight is 481 g/mol. The van der Waals surface area contributed by atoms with Crippen molar-refractivity contribution in [3.05, 3.63) is 0 Å². The van der Waals surface area contributed by atoms with Crippen LogP contribution in [0.1, 0.15) is 33.1 Å². The van der Waals surface area contributed by atoms with Crippen molar-refractivity contribution in [3.63, 3.8) is 0 Å². The summed E-state index contributed by atoms with van der Waals surface area (Å²) in [4.78, 5) is 59.9. The molecule has 0 radical (unpaired) electrons. The van der Waals surface area contributed by atoms with Gasteiger partial charge in [-0.05, 0) is 24.3 Å². The Kier molecular flexibility index (Phi) is 14.0. The molecule has 3 amide bonds. The summed E-state index contributed by atoms with van der Waals surface area (Å²) in [6.45, 7) is 3.59. The number of amides is 3. The van der Waals surface area contributed by atoms with E-state index in [0.29, 0.717) is 12.2 Å². The molecule has 0 aromatic rings. The first-order valence-corrected chi connectivity index (χ1v) is 11.7. The van der Waals surface area contributed by atoms with Crippen LogP contribution in [0.5, 0.6) is 0 Å². The molecule has 0 heterocycles. The molecule has 31 heavy (non-hydrogen) atoms. The minimum atomic E-state index is -1.45. The van der Waals surface area contributed by atoms with Crippen LogP contribution >= 0.6 is 24.4 Å². The van der Waals surface area contributed by atoms with E-state index in [0.717, 1.165) is 0 Å². The van der Waals surface area contributed by atoms with Gasteiger partial charge in [-0.1, -0.05) is 20.3 Å². The van der Waals surface area contributed by atoms with Gasteiger partial charge in [-0.2, -0.15) is 24.4 Å². The molecule has 0 saturated carbocycles. The molecule has 0 bridgehead atoms. The summed E-state index contributed by atoms with van der Waals surface area (Å²) in [6.07, 6.45) is 1.85. The molecule has 11 nitrogen and oxygen atoms in total. The number of rotatable bonds is 15. The van der Waals surface area contributed by atoms with Crippen LogP contribution in [0.3, 0.4) is 0 Å². The quantitative estimate of drug-likeness (QED) is 0.145. The standard InChI is InChI=1S/C18H32N4O7S2/c1-4-9(2)14(19)17(27)21-11(7-13(23)24)16(26)20-10(5-6-31-3)15(25)22-12(8-30)18(28)29/h9-12,14,30H,4-8,19H2,1-3H3,(H,20,26)(H,21,27)(H,22,25)(H,23,24)(H,28,29). The summed E-state index contributed by atoms with van der Waals surface area (Å²) in [5.41, 5.74) is 5.84. The van der Waals surface area contributed by atoms with E-state index in [1.165, 1.54) is 11.8 Å². The molecule has 178 valence electrons. The normalized spacial score (nSPS) is 15.6. The van der Waals surface area contributed by atoms with Crippen molar-refractivity contribution in [1.29, 1.82) is 0 Å².